The van der Waals surface area contributed by atoms with Gasteiger partial charge in [0, 0.05) is 33.1 Å². The van der Waals surface area contributed by atoms with Crippen LogP contribution in [0.3, 0.4) is 0 Å². The third-order valence-electron chi connectivity index (χ3n) is 3.85. The number of nitrogens with zero attached hydrogens (tertiary/aromatic N) is 5. The van der Waals surface area contributed by atoms with Crippen LogP contribution in [0.1, 0.15) is 11.8 Å². The average Bonchev–Trinajstić information content (AvgIpc) is 3.14. The molecule has 0 radical (unpaired) electrons. The lowest BCUT2D eigenvalue weighted by Gasteiger charge is -2.33. The summed E-state index contributed by atoms with van der Waals surface area (Å²) in [4.78, 5) is 9.44. The van der Waals surface area contributed by atoms with Crippen molar-refractivity contribution in [1.82, 2.24) is 20.1 Å². The highest BCUT2D eigenvalue weighted by Gasteiger charge is 2.21. The van der Waals surface area contributed by atoms with Crippen LogP contribution in [0.15, 0.2) is 28.7 Å². The van der Waals surface area contributed by atoms with Crippen molar-refractivity contribution < 1.29 is 4.42 Å². The lowest BCUT2D eigenvalue weighted by atomic mass is 10.3. The van der Waals surface area contributed by atoms with E-state index in [0.29, 0.717) is 11.8 Å². The molecule has 4 rings (SSSR count). The Balaban J connectivity index is 1.40. The summed E-state index contributed by atoms with van der Waals surface area (Å²) in [5, 5.41) is 9.06. The predicted molar refractivity (Wildman–Crippen MR) is 86.1 cm³/mol. The van der Waals surface area contributed by atoms with Crippen molar-refractivity contribution in [2.75, 3.05) is 31.1 Å². The maximum Gasteiger partial charge on any atom is 0.230 e. The minimum absolute atomic E-state index is 0.628. The molecule has 0 atom stereocenters. The highest BCUT2D eigenvalue weighted by atomic mass is 32.1. The van der Waals surface area contributed by atoms with Gasteiger partial charge in [0.25, 0.3) is 0 Å². The van der Waals surface area contributed by atoms with E-state index in [-0.39, 0.29) is 0 Å². The van der Waals surface area contributed by atoms with Crippen LogP contribution in [0.25, 0.3) is 10.2 Å². The maximum absolute atomic E-state index is 5.45. The number of rotatable bonds is 3. The molecular weight excluding hydrogens is 298 g/mol. The normalized spacial score (nSPS) is 16.5. The van der Waals surface area contributed by atoms with Crippen molar-refractivity contribution in [3.63, 3.8) is 0 Å². The smallest absolute Gasteiger partial charge is 0.230 e. The monoisotopic (exact) mass is 315 g/mol. The molecule has 1 aliphatic heterocycles. The fourth-order valence-corrected chi connectivity index (χ4v) is 3.70. The number of hydrogen-bond acceptors (Lipinski definition) is 7. The Morgan fingerprint density at radius 3 is 2.68 bits per heavy atom. The van der Waals surface area contributed by atoms with Crippen LogP contribution in [0.5, 0.6) is 0 Å². The summed E-state index contributed by atoms with van der Waals surface area (Å²) in [5.74, 6) is 1.33. The third kappa shape index (κ3) is 2.69. The molecule has 3 heterocycles. The van der Waals surface area contributed by atoms with Crippen molar-refractivity contribution in [2.24, 2.45) is 0 Å². The van der Waals surface area contributed by atoms with Gasteiger partial charge in [-0.1, -0.05) is 23.5 Å². The molecule has 1 aromatic carbocycles. The van der Waals surface area contributed by atoms with Crippen molar-refractivity contribution >= 4 is 26.7 Å². The van der Waals surface area contributed by atoms with Crippen molar-refractivity contribution in [1.29, 1.82) is 0 Å². The molecular formula is C15H17N5OS. The van der Waals surface area contributed by atoms with E-state index in [2.05, 4.69) is 38.2 Å². The van der Waals surface area contributed by atoms with Gasteiger partial charge in [0.15, 0.2) is 5.13 Å². The quantitative estimate of drug-likeness (QED) is 0.739. The molecule has 0 spiro atoms. The zero-order valence-electron chi connectivity index (χ0n) is 12.4. The second kappa shape index (κ2) is 5.66. The molecule has 3 aromatic rings. The van der Waals surface area contributed by atoms with Crippen molar-refractivity contribution in [2.45, 2.75) is 13.5 Å². The fraction of sp³-hybridized carbons (Fsp3) is 0.400. The first-order valence-corrected chi connectivity index (χ1v) is 8.21. The van der Waals surface area contributed by atoms with Crippen LogP contribution < -0.4 is 4.90 Å². The number of piperazine rings is 1. The molecule has 0 N–H and O–H groups in total. The first kappa shape index (κ1) is 13.7. The molecule has 1 fully saturated rings. The first-order chi connectivity index (χ1) is 10.8. The van der Waals surface area contributed by atoms with Gasteiger partial charge in [0.1, 0.15) is 0 Å². The first-order valence-electron chi connectivity index (χ1n) is 7.40. The van der Waals surface area contributed by atoms with E-state index in [1.165, 1.54) is 4.70 Å². The molecule has 0 unspecified atom stereocenters. The van der Waals surface area contributed by atoms with E-state index in [4.69, 9.17) is 9.40 Å². The second-order valence-electron chi connectivity index (χ2n) is 5.44. The van der Waals surface area contributed by atoms with E-state index < -0.39 is 0 Å². The van der Waals surface area contributed by atoms with Crippen molar-refractivity contribution in [3.8, 4) is 0 Å². The Labute approximate surface area is 132 Å². The average molecular weight is 315 g/mol. The van der Waals surface area contributed by atoms with Crippen LogP contribution in [0, 0.1) is 6.92 Å². The van der Waals surface area contributed by atoms with Crippen LogP contribution in [-0.4, -0.2) is 46.3 Å². The van der Waals surface area contributed by atoms with Gasteiger partial charge in [0.05, 0.1) is 16.8 Å². The Bertz CT molecular complexity index is 742. The number of para-hydroxylation sites is 1. The molecule has 6 nitrogen and oxygen atoms in total. The number of benzene rings is 1. The molecule has 1 saturated heterocycles. The number of thiazole rings is 1. The van der Waals surface area contributed by atoms with Crippen LogP contribution in [-0.2, 0) is 6.54 Å². The number of aryl methyl sites for hydroxylation is 1. The molecule has 0 saturated carbocycles. The van der Waals surface area contributed by atoms with Gasteiger partial charge in [-0.3, -0.25) is 4.90 Å². The SMILES string of the molecule is Cc1nnc(CN2CCN(c3nc4ccccc4s3)CC2)o1. The Morgan fingerprint density at radius 2 is 1.95 bits per heavy atom. The number of fused-ring (bicyclic) bond motifs is 1. The van der Waals surface area contributed by atoms with Gasteiger partial charge in [-0.05, 0) is 12.1 Å². The maximum atomic E-state index is 5.45. The lowest BCUT2D eigenvalue weighted by Crippen LogP contribution is -2.46. The number of anilines is 1. The number of aromatic nitrogens is 3. The molecule has 2 aromatic heterocycles. The summed E-state index contributed by atoms with van der Waals surface area (Å²) in [6.07, 6.45) is 0. The van der Waals surface area contributed by atoms with Crippen LogP contribution >= 0.6 is 11.3 Å². The Morgan fingerprint density at radius 1 is 1.14 bits per heavy atom. The van der Waals surface area contributed by atoms with Crippen LogP contribution in [0.4, 0.5) is 5.13 Å². The number of hydrogen-bond donors (Lipinski definition) is 0. The summed E-state index contributed by atoms with van der Waals surface area (Å²) in [6.45, 7) is 6.48. The van der Waals surface area contributed by atoms with Gasteiger partial charge < -0.3 is 9.32 Å². The molecule has 0 aliphatic carbocycles. The minimum atomic E-state index is 0.628. The predicted octanol–water partition coefficient (Wildman–Crippen LogP) is 2.31. The summed E-state index contributed by atoms with van der Waals surface area (Å²) < 4.78 is 6.70. The third-order valence-corrected chi connectivity index (χ3v) is 4.95. The second-order valence-corrected chi connectivity index (χ2v) is 6.45. The van der Waals surface area contributed by atoms with Crippen molar-refractivity contribution in [3.05, 3.63) is 36.0 Å². The summed E-state index contributed by atoms with van der Waals surface area (Å²) >= 11 is 1.77. The van der Waals surface area contributed by atoms with E-state index in [0.717, 1.165) is 43.4 Å². The lowest BCUT2D eigenvalue weighted by molar-refractivity contribution is 0.225. The Hall–Kier alpha value is -1.99. The molecule has 114 valence electrons. The molecule has 0 bridgehead atoms. The van der Waals surface area contributed by atoms with E-state index >= 15 is 0 Å². The topological polar surface area (TPSA) is 58.3 Å². The Kier molecular flexibility index (Phi) is 3.51. The highest BCUT2D eigenvalue weighted by Crippen LogP contribution is 2.29. The van der Waals surface area contributed by atoms with E-state index in [1.54, 1.807) is 11.3 Å². The van der Waals surface area contributed by atoms with Gasteiger partial charge in [0.2, 0.25) is 11.8 Å². The standard InChI is InChI=1S/C15H17N5OS/c1-11-17-18-14(21-11)10-19-6-8-20(9-7-19)15-16-12-4-2-3-5-13(12)22-15/h2-5H,6-10H2,1H3. The zero-order valence-corrected chi connectivity index (χ0v) is 13.2. The van der Waals surface area contributed by atoms with Gasteiger partial charge in [-0.15, -0.1) is 10.2 Å². The van der Waals surface area contributed by atoms with E-state index in [1.807, 2.05) is 13.0 Å². The van der Waals surface area contributed by atoms with Crippen LogP contribution in [0.2, 0.25) is 0 Å². The van der Waals surface area contributed by atoms with Gasteiger partial charge >= 0.3 is 0 Å². The fourth-order valence-electron chi connectivity index (χ4n) is 2.69. The van der Waals surface area contributed by atoms with Gasteiger partial charge in [-0.2, -0.15) is 0 Å². The molecule has 22 heavy (non-hydrogen) atoms. The minimum Gasteiger partial charge on any atom is -0.424 e. The summed E-state index contributed by atoms with van der Waals surface area (Å²) in [6, 6.07) is 8.30. The molecule has 1 aliphatic rings. The largest absolute Gasteiger partial charge is 0.424 e. The van der Waals surface area contributed by atoms with Gasteiger partial charge in [-0.25, -0.2) is 4.98 Å². The molecule has 7 heteroatoms. The highest BCUT2D eigenvalue weighted by molar-refractivity contribution is 7.22. The summed E-state index contributed by atoms with van der Waals surface area (Å²) in [5.41, 5.74) is 1.09. The molecule has 0 amide bonds. The van der Waals surface area contributed by atoms with E-state index in [9.17, 15) is 0 Å². The zero-order chi connectivity index (χ0) is 14.9. The summed E-state index contributed by atoms with van der Waals surface area (Å²) in [7, 11) is 0.